The molecule has 2 aliphatic heterocycles. The fraction of sp³-hybridized carbons (Fsp3) is 0.733. The molecule has 0 spiro atoms. The average Bonchev–Trinajstić information content (AvgIpc) is 3.10. The molecule has 0 aromatic heterocycles. The highest BCUT2D eigenvalue weighted by Crippen LogP contribution is 2.27. The van der Waals surface area contributed by atoms with Gasteiger partial charge in [-0.2, -0.15) is 0 Å². The smallest absolute Gasteiger partial charge is 0.320 e. The monoisotopic (exact) mass is 373 g/mol. The van der Waals surface area contributed by atoms with Gasteiger partial charge >= 0.3 is 23.9 Å². The maximum Gasteiger partial charge on any atom is 0.320 e. The van der Waals surface area contributed by atoms with E-state index in [2.05, 4.69) is 0 Å². The summed E-state index contributed by atoms with van der Waals surface area (Å²) in [6.07, 6.45) is 0.707. The van der Waals surface area contributed by atoms with Crippen molar-refractivity contribution >= 4 is 23.9 Å². The van der Waals surface area contributed by atoms with E-state index in [0.29, 0.717) is 19.5 Å². The molecular formula is C15H23N3O8. The quantitative estimate of drug-likeness (QED) is 0.359. The Labute approximate surface area is 149 Å². The first-order chi connectivity index (χ1) is 12.2. The van der Waals surface area contributed by atoms with E-state index in [9.17, 15) is 29.4 Å². The molecular weight excluding hydrogens is 350 g/mol. The van der Waals surface area contributed by atoms with Crippen LogP contribution in [-0.4, -0.2) is 116 Å². The molecule has 2 saturated heterocycles. The van der Waals surface area contributed by atoms with Gasteiger partial charge in [-0.05, 0) is 12.8 Å². The topological polar surface area (TPSA) is 159 Å². The Kier molecular flexibility index (Phi) is 6.51. The Hall–Kier alpha value is -2.24. The number of carboxylic acid groups (broad SMARTS) is 4. The van der Waals surface area contributed by atoms with E-state index in [1.165, 1.54) is 4.90 Å². The van der Waals surface area contributed by atoms with Gasteiger partial charge in [0.15, 0.2) is 0 Å². The van der Waals surface area contributed by atoms with Crippen LogP contribution in [0.25, 0.3) is 0 Å². The third-order valence-electron chi connectivity index (χ3n) is 4.87. The molecule has 0 aromatic carbocycles. The molecule has 2 heterocycles. The van der Waals surface area contributed by atoms with Gasteiger partial charge in [0.2, 0.25) is 0 Å². The van der Waals surface area contributed by atoms with Crippen molar-refractivity contribution in [2.45, 2.75) is 31.0 Å². The van der Waals surface area contributed by atoms with Crippen molar-refractivity contribution in [3.8, 4) is 0 Å². The van der Waals surface area contributed by atoms with Crippen LogP contribution in [0.1, 0.15) is 12.8 Å². The number of hydrogen-bond acceptors (Lipinski definition) is 7. The standard InChI is InChI=1S/C15H23N3O8/c19-12(20)6-16-2-1-9(4-16)18(8-14(23)24)10-3-11(15(25)26)17(5-10)7-13(21)22/h9-11H,1-8H2,(H,19,20)(H,21,22)(H,23,24)(H,25,26)/t9-,10?,11-/m0/s1. The first kappa shape index (κ1) is 20.1. The van der Waals surface area contributed by atoms with Crippen molar-refractivity contribution in [1.82, 2.24) is 14.7 Å². The lowest BCUT2D eigenvalue weighted by Gasteiger charge is -2.33. The van der Waals surface area contributed by atoms with E-state index in [1.54, 1.807) is 9.80 Å². The SMILES string of the molecule is O=C(O)CN1CC[C@H](N(CC(=O)O)C2C[C@@H](C(=O)O)N(CC(=O)O)C2)C1. The minimum absolute atomic E-state index is 0.130. The van der Waals surface area contributed by atoms with Gasteiger partial charge in [0, 0.05) is 31.7 Å². The lowest BCUT2D eigenvalue weighted by Crippen LogP contribution is -2.48. The van der Waals surface area contributed by atoms with Crippen LogP contribution in [0.2, 0.25) is 0 Å². The number of carbonyl (C=O) groups is 4. The molecule has 0 amide bonds. The van der Waals surface area contributed by atoms with E-state index in [-0.39, 0.29) is 32.1 Å². The molecule has 0 radical (unpaired) electrons. The maximum absolute atomic E-state index is 11.4. The van der Waals surface area contributed by atoms with Gasteiger partial charge in [-0.25, -0.2) is 0 Å². The van der Waals surface area contributed by atoms with Gasteiger partial charge in [0.1, 0.15) is 6.04 Å². The van der Waals surface area contributed by atoms with Gasteiger partial charge in [0.25, 0.3) is 0 Å². The van der Waals surface area contributed by atoms with Gasteiger partial charge in [-0.15, -0.1) is 0 Å². The molecule has 0 aromatic rings. The number of rotatable bonds is 9. The second-order valence-corrected chi connectivity index (χ2v) is 6.70. The molecule has 2 aliphatic rings. The van der Waals surface area contributed by atoms with Crippen LogP contribution >= 0.6 is 0 Å². The Morgan fingerprint density at radius 2 is 1.54 bits per heavy atom. The fourth-order valence-corrected chi connectivity index (χ4v) is 3.86. The molecule has 11 nitrogen and oxygen atoms in total. The van der Waals surface area contributed by atoms with Crippen molar-refractivity contribution in [2.24, 2.45) is 0 Å². The molecule has 2 rings (SSSR count). The Bertz CT molecular complexity index is 583. The second-order valence-electron chi connectivity index (χ2n) is 6.70. The van der Waals surface area contributed by atoms with E-state index in [1.807, 2.05) is 0 Å². The van der Waals surface area contributed by atoms with Gasteiger partial charge < -0.3 is 20.4 Å². The first-order valence-electron chi connectivity index (χ1n) is 8.27. The molecule has 4 N–H and O–H groups in total. The zero-order chi connectivity index (χ0) is 19.4. The first-order valence-corrected chi connectivity index (χ1v) is 8.27. The number of aliphatic carboxylic acids is 4. The van der Waals surface area contributed by atoms with Gasteiger partial charge in [0.05, 0.1) is 19.6 Å². The maximum atomic E-state index is 11.4. The second kappa shape index (κ2) is 8.43. The van der Waals surface area contributed by atoms with Crippen molar-refractivity contribution in [3.63, 3.8) is 0 Å². The summed E-state index contributed by atoms with van der Waals surface area (Å²) in [5, 5.41) is 36.4. The van der Waals surface area contributed by atoms with Crippen LogP contribution in [-0.2, 0) is 19.2 Å². The Morgan fingerprint density at radius 1 is 0.885 bits per heavy atom. The summed E-state index contributed by atoms with van der Waals surface area (Å²) in [7, 11) is 0. The molecule has 2 fully saturated rings. The Morgan fingerprint density at radius 3 is 2.08 bits per heavy atom. The number of nitrogens with zero attached hydrogens (tertiary/aromatic N) is 3. The largest absolute Gasteiger partial charge is 0.480 e. The summed E-state index contributed by atoms with van der Waals surface area (Å²) in [5.41, 5.74) is 0. The van der Waals surface area contributed by atoms with Gasteiger partial charge in [-0.1, -0.05) is 0 Å². The van der Waals surface area contributed by atoms with E-state index in [4.69, 9.17) is 10.2 Å². The summed E-state index contributed by atoms with van der Waals surface area (Å²) in [4.78, 5) is 49.3. The van der Waals surface area contributed by atoms with Crippen LogP contribution in [0.15, 0.2) is 0 Å². The van der Waals surface area contributed by atoms with Crippen LogP contribution < -0.4 is 0 Å². The van der Waals surface area contributed by atoms with Crippen LogP contribution in [0.4, 0.5) is 0 Å². The highest BCUT2D eigenvalue weighted by atomic mass is 16.4. The third-order valence-corrected chi connectivity index (χ3v) is 4.87. The zero-order valence-corrected chi connectivity index (χ0v) is 14.2. The molecule has 1 unspecified atom stereocenters. The number of likely N-dealkylation sites (tertiary alicyclic amines) is 2. The number of carboxylic acids is 4. The highest BCUT2D eigenvalue weighted by molar-refractivity contribution is 5.76. The number of hydrogen-bond donors (Lipinski definition) is 4. The van der Waals surface area contributed by atoms with Crippen LogP contribution in [0, 0.1) is 0 Å². The molecule has 0 saturated carbocycles. The minimum Gasteiger partial charge on any atom is -0.480 e. The van der Waals surface area contributed by atoms with Crippen LogP contribution in [0.3, 0.4) is 0 Å². The van der Waals surface area contributed by atoms with Crippen molar-refractivity contribution in [3.05, 3.63) is 0 Å². The summed E-state index contributed by atoms with van der Waals surface area (Å²) in [5.74, 6) is -4.31. The summed E-state index contributed by atoms with van der Waals surface area (Å²) in [6, 6.07) is -1.61. The van der Waals surface area contributed by atoms with Crippen molar-refractivity contribution in [1.29, 1.82) is 0 Å². The Balaban J connectivity index is 2.11. The third kappa shape index (κ3) is 5.13. The molecule has 11 heteroatoms. The molecule has 146 valence electrons. The molecule has 26 heavy (non-hydrogen) atoms. The fourth-order valence-electron chi connectivity index (χ4n) is 3.86. The lowest BCUT2D eigenvalue weighted by atomic mass is 10.1. The van der Waals surface area contributed by atoms with Crippen molar-refractivity contribution in [2.75, 3.05) is 39.3 Å². The lowest BCUT2D eigenvalue weighted by molar-refractivity contribution is -0.145. The average molecular weight is 373 g/mol. The van der Waals surface area contributed by atoms with Crippen LogP contribution in [0.5, 0.6) is 0 Å². The van der Waals surface area contributed by atoms with E-state index >= 15 is 0 Å². The molecule has 0 aliphatic carbocycles. The predicted molar refractivity (Wildman–Crippen MR) is 85.9 cm³/mol. The van der Waals surface area contributed by atoms with Gasteiger partial charge in [-0.3, -0.25) is 33.9 Å². The highest BCUT2D eigenvalue weighted by Gasteiger charge is 2.43. The molecule has 3 atom stereocenters. The summed E-state index contributed by atoms with van der Waals surface area (Å²) < 4.78 is 0. The van der Waals surface area contributed by atoms with Crippen molar-refractivity contribution < 1.29 is 39.6 Å². The molecule has 0 bridgehead atoms. The van der Waals surface area contributed by atoms with E-state index < -0.39 is 42.5 Å². The normalized spacial score (nSPS) is 27.0. The minimum atomic E-state index is -1.14. The summed E-state index contributed by atoms with van der Waals surface area (Å²) >= 11 is 0. The summed E-state index contributed by atoms with van der Waals surface area (Å²) in [6.45, 7) is 0.179. The predicted octanol–water partition coefficient (Wildman–Crippen LogP) is -1.86. The zero-order valence-electron chi connectivity index (χ0n) is 14.2. The van der Waals surface area contributed by atoms with E-state index in [0.717, 1.165) is 0 Å².